The number of carbonyl (C=O) groups excluding carboxylic acids is 1. The molecule has 0 spiro atoms. The molecule has 5 atom stereocenters. The lowest BCUT2D eigenvalue weighted by atomic mass is 9.43. The van der Waals surface area contributed by atoms with Crippen LogP contribution in [0.5, 0.6) is 0 Å². The molecule has 1 nitrogen and oxygen atoms in total. The maximum Gasteiger partial charge on any atom is 0.129 e. The lowest BCUT2D eigenvalue weighted by Crippen LogP contribution is -2.57. The van der Waals surface area contributed by atoms with Gasteiger partial charge < -0.3 is 4.79 Å². The minimum atomic E-state index is 0.177. The number of rotatable bonds is 4. The summed E-state index contributed by atoms with van der Waals surface area (Å²) >= 11 is 3.95. The number of hydrogen-bond acceptors (Lipinski definition) is 1. The predicted molar refractivity (Wildman–Crippen MR) is 98.3 cm³/mol. The van der Waals surface area contributed by atoms with Crippen LogP contribution in [0.25, 0.3) is 0 Å². The van der Waals surface area contributed by atoms with Crippen LogP contribution < -0.4 is 0 Å². The van der Waals surface area contributed by atoms with Crippen molar-refractivity contribution in [2.75, 3.05) is 0 Å². The standard InChI is InChI=1S/C20H33BrO/c1-7-19(5)12-10-15-18(3,4)17(21)11-13-20(15,6)16(19)9-8-14(2)22/h7,15-17H,1,8-13H2,2-6H3/t15?,16-,17+,19+,20+/m1/s1. The van der Waals surface area contributed by atoms with Gasteiger partial charge in [-0.3, -0.25) is 0 Å². The molecule has 0 saturated heterocycles. The quantitative estimate of drug-likeness (QED) is 0.428. The molecule has 2 aliphatic carbocycles. The van der Waals surface area contributed by atoms with Crippen molar-refractivity contribution >= 4 is 21.7 Å². The van der Waals surface area contributed by atoms with E-state index in [0.717, 1.165) is 12.3 Å². The van der Waals surface area contributed by atoms with Gasteiger partial charge >= 0.3 is 0 Å². The number of alkyl halides is 1. The van der Waals surface area contributed by atoms with Crippen LogP contribution in [0, 0.1) is 28.1 Å². The molecule has 2 fully saturated rings. The van der Waals surface area contributed by atoms with E-state index in [1.807, 2.05) is 0 Å². The van der Waals surface area contributed by atoms with Crippen LogP contribution in [-0.4, -0.2) is 10.6 Å². The second kappa shape index (κ2) is 6.07. The SMILES string of the molecule is C=C[C@@]1(C)CCC2C(C)(C)[C@@H](Br)CC[C@]2(C)[C@@H]1CCC(C)=O. The first kappa shape index (κ1) is 18.2. The van der Waals surface area contributed by atoms with Crippen molar-refractivity contribution in [2.45, 2.75) is 78.0 Å². The molecule has 0 aromatic rings. The molecule has 0 bridgehead atoms. The van der Waals surface area contributed by atoms with E-state index in [1.165, 1.54) is 25.7 Å². The Bertz CT molecular complexity index is 455. The molecule has 2 saturated carbocycles. The molecule has 0 aromatic heterocycles. The van der Waals surface area contributed by atoms with Gasteiger partial charge in [-0.1, -0.05) is 49.7 Å². The average Bonchev–Trinajstić information content (AvgIpc) is 2.42. The van der Waals surface area contributed by atoms with Gasteiger partial charge in [0.05, 0.1) is 0 Å². The third kappa shape index (κ3) is 2.85. The van der Waals surface area contributed by atoms with Crippen LogP contribution in [0.1, 0.15) is 73.1 Å². The summed E-state index contributed by atoms with van der Waals surface area (Å²) in [4.78, 5) is 12.2. The van der Waals surface area contributed by atoms with Crippen molar-refractivity contribution in [2.24, 2.45) is 28.1 Å². The van der Waals surface area contributed by atoms with Crippen molar-refractivity contribution in [3.05, 3.63) is 12.7 Å². The number of carbonyl (C=O) groups is 1. The first-order valence-electron chi connectivity index (χ1n) is 8.85. The van der Waals surface area contributed by atoms with Crippen molar-refractivity contribution in [3.63, 3.8) is 0 Å². The van der Waals surface area contributed by atoms with Gasteiger partial charge in [-0.05, 0) is 67.1 Å². The monoisotopic (exact) mass is 368 g/mol. The molecule has 1 unspecified atom stereocenters. The largest absolute Gasteiger partial charge is 0.300 e. The fourth-order valence-electron chi connectivity index (χ4n) is 5.81. The topological polar surface area (TPSA) is 17.1 Å². The van der Waals surface area contributed by atoms with Gasteiger partial charge in [0, 0.05) is 11.2 Å². The van der Waals surface area contributed by atoms with Crippen LogP contribution >= 0.6 is 15.9 Å². The molecule has 0 amide bonds. The summed E-state index contributed by atoms with van der Waals surface area (Å²) in [5, 5.41) is 0. The van der Waals surface area contributed by atoms with E-state index in [0.29, 0.717) is 33.8 Å². The van der Waals surface area contributed by atoms with Gasteiger partial charge in [0.15, 0.2) is 0 Å². The maximum atomic E-state index is 11.6. The maximum absolute atomic E-state index is 11.6. The van der Waals surface area contributed by atoms with E-state index < -0.39 is 0 Å². The number of allylic oxidation sites excluding steroid dienone is 1. The first-order chi connectivity index (χ1) is 10.1. The molecular weight excluding hydrogens is 336 g/mol. The molecule has 0 aromatic carbocycles. The van der Waals surface area contributed by atoms with Crippen molar-refractivity contribution in [3.8, 4) is 0 Å². The Labute approximate surface area is 145 Å². The Morgan fingerprint density at radius 1 is 1.23 bits per heavy atom. The number of fused-ring (bicyclic) bond motifs is 1. The van der Waals surface area contributed by atoms with E-state index in [-0.39, 0.29) is 5.41 Å². The van der Waals surface area contributed by atoms with E-state index >= 15 is 0 Å². The highest BCUT2D eigenvalue weighted by molar-refractivity contribution is 9.09. The van der Waals surface area contributed by atoms with Crippen LogP contribution in [0.3, 0.4) is 0 Å². The summed E-state index contributed by atoms with van der Waals surface area (Å²) in [5.74, 6) is 1.62. The minimum Gasteiger partial charge on any atom is -0.300 e. The van der Waals surface area contributed by atoms with E-state index in [4.69, 9.17) is 0 Å². The predicted octanol–water partition coefficient (Wildman–Crippen LogP) is 6.16. The molecule has 0 aliphatic heterocycles. The zero-order chi connectivity index (χ0) is 16.8. The summed E-state index contributed by atoms with van der Waals surface area (Å²) < 4.78 is 0. The second-order valence-electron chi connectivity index (χ2n) is 8.93. The van der Waals surface area contributed by atoms with Gasteiger partial charge in [-0.15, -0.1) is 6.58 Å². The lowest BCUT2D eigenvalue weighted by molar-refractivity contribution is -0.124. The second-order valence-corrected chi connectivity index (χ2v) is 10.0. The van der Waals surface area contributed by atoms with E-state index in [9.17, 15) is 4.79 Å². The summed E-state index contributed by atoms with van der Waals surface area (Å²) in [7, 11) is 0. The third-order valence-electron chi connectivity index (χ3n) is 7.25. The molecule has 2 aliphatic rings. The Kier molecular flexibility index (Phi) is 5.03. The number of hydrogen-bond donors (Lipinski definition) is 0. The Morgan fingerprint density at radius 3 is 2.41 bits per heavy atom. The van der Waals surface area contributed by atoms with Crippen LogP contribution in [0.2, 0.25) is 0 Å². The summed E-state index contributed by atoms with van der Waals surface area (Å²) in [6, 6.07) is 0. The van der Waals surface area contributed by atoms with E-state index in [1.54, 1.807) is 6.92 Å². The van der Waals surface area contributed by atoms with Crippen LogP contribution in [0.4, 0.5) is 0 Å². The molecule has 0 heterocycles. The first-order valence-corrected chi connectivity index (χ1v) is 9.76. The molecule has 0 radical (unpaired) electrons. The molecule has 126 valence electrons. The molecule has 0 N–H and O–H groups in total. The van der Waals surface area contributed by atoms with Crippen LogP contribution in [-0.2, 0) is 4.79 Å². The number of halogens is 1. The molecular formula is C20H33BrO. The highest BCUT2D eigenvalue weighted by Crippen LogP contribution is 2.66. The lowest BCUT2D eigenvalue weighted by Gasteiger charge is -2.63. The smallest absolute Gasteiger partial charge is 0.129 e. The number of Topliss-reactive ketones (excluding diaryl/α,β-unsaturated/α-hetero) is 1. The van der Waals surface area contributed by atoms with Gasteiger partial charge in [-0.25, -0.2) is 0 Å². The summed E-state index contributed by atoms with van der Waals surface area (Å²) in [6.07, 6.45) is 8.93. The Balaban J connectivity index is 2.39. The number of ketones is 1. The third-order valence-corrected chi connectivity index (χ3v) is 8.89. The fraction of sp³-hybridized carbons (Fsp3) is 0.850. The van der Waals surface area contributed by atoms with Gasteiger partial charge in [0.2, 0.25) is 0 Å². The zero-order valence-corrected chi connectivity index (χ0v) is 16.6. The summed E-state index contributed by atoms with van der Waals surface area (Å²) in [6.45, 7) is 15.6. The highest BCUT2D eigenvalue weighted by atomic mass is 79.9. The minimum absolute atomic E-state index is 0.177. The summed E-state index contributed by atoms with van der Waals surface area (Å²) in [5.41, 5.74) is 0.824. The van der Waals surface area contributed by atoms with Gasteiger partial charge in [0.25, 0.3) is 0 Å². The van der Waals surface area contributed by atoms with Gasteiger partial charge in [-0.2, -0.15) is 0 Å². The van der Waals surface area contributed by atoms with Crippen molar-refractivity contribution in [1.82, 2.24) is 0 Å². The van der Waals surface area contributed by atoms with E-state index in [2.05, 4.69) is 56.3 Å². The normalized spacial score (nSPS) is 44.2. The molecule has 2 rings (SSSR count). The molecule has 22 heavy (non-hydrogen) atoms. The fourth-order valence-corrected chi connectivity index (χ4v) is 6.35. The Hall–Kier alpha value is -0.110. The zero-order valence-electron chi connectivity index (χ0n) is 15.0. The highest BCUT2D eigenvalue weighted by Gasteiger charge is 2.59. The molecule has 2 heteroatoms. The van der Waals surface area contributed by atoms with Crippen LogP contribution in [0.15, 0.2) is 12.7 Å². The van der Waals surface area contributed by atoms with Crippen molar-refractivity contribution in [1.29, 1.82) is 0 Å². The average molecular weight is 369 g/mol. The van der Waals surface area contributed by atoms with Gasteiger partial charge in [0.1, 0.15) is 5.78 Å². The van der Waals surface area contributed by atoms with Crippen molar-refractivity contribution < 1.29 is 4.79 Å². The Morgan fingerprint density at radius 2 is 1.86 bits per heavy atom.